The third kappa shape index (κ3) is 3.64. The predicted octanol–water partition coefficient (Wildman–Crippen LogP) is -0.554. The third-order valence-corrected chi connectivity index (χ3v) is 5.14. The number of carbonyl (C=O) groups is 1. The highest BCUT2D eigenvalue weighted by Gasteiger charge is 2.46. The first kappa shape index (κ1) is 17.9. The zero-order chi connectivity index (χ0) is 18.1. The minimum absolute atomic E-state index is 0.0142. The number of hydrazine groups is 1. The molecule has 5 N–H and O–H groups in total. The number of nitrogens with one attached hydrogen (secondary N) is 3. The second-order valence-corrected chi connectivity index (χ2v) is 7.37. The summed E-state index contributed by atoms with van der Waals surface area (Å²) in [6.07, 6.45) is 3.32. The summed E-state index contributed by atoms with van der Waals surface area (Å²) in [4.78, 5) is 17.0. The first-order chi connectivity index (χ1) is 12.6. The van der Waals surface area contributed by atoms with Gasteiger partial charge in [-0.05, 0) is 0 Å². The molecule has 0 spiro atoms. The van der Waals surface area contributed by atoms with Crippen LogP contribution in [0, 0.1) is 5.92 Å². The van der Waals surface area contributed by atoms with E-state index in [0.717, 1.165) is 6.42 Å². The smallest absolute Gasteiger partial charge is 0.233 e. The molecule has 3 saturated heterocycles. The van der Waals surface area contributed by atoms with Gasteiger partial charge in [0.25, 0.3) is 0 Å². The predicted molar refractivity (Wildman–Crippen MR) is 95.5 cm³/mol. The summed E-state index contributed by atoms with van der Waals surface area (Å²) in [5, 5.41) is 8.06. The van der Waals surface area contributed by atoms with Crippen LogP contribution in [-0.2, 0) is 9.53 Å². The molecule has 142 valence electrons. The molecule has 0 bridgehead atoms. The van der Waals surface area contributed by atoms with Crippen LogP contribution in [0.15, 0.2) is 18.5 Å². The van der Waals surface area contributed by atoms with Gasteiger partial charge < -0.3 is 20.5 Å². The number of amides is 1. The molecule has 1 aromatic heterocycles. The number of nitrogens with two attached hydrogens (primary N) is 1. The molecule has 4 heterocycles. The second kappa shape index (κ2) is 7.63. The molecule has 4 unspecified atom stereocenters. The van der Waals surface area contributed by atoms with Gasteiger partial charge in [0, 0.05) is 31.8 Å². The van der Waals surface area contributed by atoms with Crippen molar-refractivity contribution in [2.45, 2.75) is 30.2 Å². The molecule has 3 fully saturated rings. The van der Waals surface area contributed by atoms with Crippen LogP contribution >= 0.6 is 11.6 Å². The van der Waals surface area contributed by atoms with E-state index in [0.29, 0.717) is 37.7 Å². The number of anilines is 1. The third-order valence-electron chi connectivity index (χ3n) is 4.84. The standard InChI is InChI=1S/C16H23ClN6O3/c17-9-5-20-15-13(14(18)22-23(15)7-9)16(24)21-11-6-19-3-1-12(11)26-10-2-4-25-8-10/h1,3,6,9-10,13-15,20,22H,2,4-5,7-8,18H2,(H,21,24)/t9?,10-,13?,14?,15?/m0/s1. The van der Waals surface area contributed by atoms with Crippen LogP contribution in [0.1, 0.15) is 6.42 Å². The van der Waals surface area contributed by atoms with Crippen LogP contribution in [0.3, 0.4) is 0 Å². The van der Waals surface area contributed by atoms with E-state index in [4.69, 9.17) is 26.8 Å². The number of fused-ring (bicyclic) bond motifs is 1. The first-order valence-corrected chi connectivity index (χ1v) is 9.20. The van der Waals surface area contributed by atoms with E-state index in [1.807, 2.05) is 5.01 Å². The molecule has 5 atom stereocenters. The average molecular weight is 383 g/mol. The van der Waals surface area contributed by atoms with E-state index < -0.39 is 12.1 Å². The molecular formula is C16H23ClN6O3. The fourth-order valence-electron chi connectivity index (χ4n) is 3.56. The Morgan fingerprint density at radius 2 is 2.42 bits per heavy atom. The van der Waals surface area contributed by atoms with Crippen LogP contribution in [0.2, 0.25) is 0 Å². The minimum Gasteiger partial charge on any atom is -0.486 e. The lowest BCUT2D eigenvalue weighted by atomic mass is 10.0. The molecule has 1 amide bonds. The number of hydrogen-bond acceptors (Lipinski definition) is 8. The van der Waals surface area contributed by atoms with E-state index in [2.05, 4.69) is 21.0 Å². The molecule has 0 aromatic carbocycles. The van der Waals surface area contributed by atoms with E-state index >= 15 is 0 Å². The van der Waals surface area contributed by atoms with Crippen molar-refractivity contribution in [2.24, 2.45) is 11.7 Å². The fraction of sp³-hybridized carbons (Fsp3) is 0.625. The van der Waals surface area contributed by atoms with Crippen molar-refractivity contribution >= 4 is 23.2 Å². The zero-order valence-corrected chi connectivity index (χ0v) is 15.0. The topological polar surface area (TPSA) is 114 Å². The van der Waals surface area contributed by atoms with Crippen molar-refractivity contribution in [1.29, 1.82) is 0 Å². The summed E-state index contributed by atoms with van der Waals surface area (Å²) in [7, 11) is 0. The maximum Gasteiger partial charge on any atom is 0.233 e. The molecule has 9 nitrogen and oxygen atoms in total. The van der Waals surface area contributed by atoms with E-state index in [9.17, 15) is 4.79 Å². The molecule has 0 radical (unpaired) electrons. The minimum atomic E-state index is -0.501. The largest absolute Gasteiger partial charge is 0.486 e. The maximum absolute atomic E-state index is 12.9. The van der Waals surface area contributed by atoms with Crippen molar-refractivity contribution in [3.05, 3.63) is 18.5 Å². The Balaban J connectivity index is 1.46. The quantitative estimate of drug-likeness (QED) is 0.513. The van der Waals surface area contributed by atoms with E-state index in [-0.39, 0.29) is 23.6 Å². The summed E-state index contributed by atoms with van der Waals surface area (Å²) >= 11 is 6.17. The van der Waals surface area contributed by atoms with Gasteiger partial charge in [0.05, 0.1) is 43.0 Å². The molecule has 3 aliphatic rings. The van der Waals surface area contributed by atoms with Gasteiger partial charge >= 0.3 is 0 Å². The van der Waals surface area contributed by atoms with Gasteiger partial charge in [0.2, 0.25) is 5.91 Å². The SMILES string of the molecule is NC1NN2CC(Cl)CNC2C1C(=O)Nc1cnccc1O[C@H]1CCOC1. The highest BCUT2D eigenvalue weighted by atomic mass is 35.5. The number of pyridine rings is 1. The number of carbonyl (C=O) groups excluding carboxylic acids is 1. The lowest BCUT2D eigenvalue weighted by molar-refractivity contribution is -0.121. The molecule has 26 heavy (non-hydrogen) atoms. The van der Waals surface area contributed by atoms with Crippen LogP contribution in [0.5, 0.6) is 5.75 Å². The Bertz CT molecular complexity index is 659. The number of rotatable bonds is 4. The zero-order valence-electron chi connectivity index (χ0n) is 14.2. The number of halogens is 1. The number of nitrogens with zero attached hydrogens (tertiary/aromatic N) is 2. The number of ether oxygens (including phenoxy) is 2. The molecule has 3 aliphatic heterocycles. The summed E-state index contributed by atoms with van der Waals surface area (Å²) in [6.45, 7) is 2.49. The van der Waals surface area contributed by atoms with Gasteiger partial charge in [-0.25, -0.2) is 10.4 Å². The van der Waals surface area contributed by atoms with Crippen LogP contribution < -0.4 is 26.5 Å². The molecule has 0 saturated carbocycles. The van der Waals surface area contributed by atoms with Crippen molar-refractivity contribution in [3.8, 4) is 5.75 Å². The summed E-state index contributed by atoms with van der Waals surface area (Å²) < 4.78 is 11.3. The first-order valence-electron chi connectivity index (χ1n) is 8.77. The summed E-state index contributed by atoms with van der Waals surface area (Å²) in [5.41, 5.74) is 9.79. The van der Waals surface area contributed by atoms with Crippen molar-refractivity contribution in [2.75, 3.05) is 31.6 Å². The van der Waals surface area contributed by atoms with Crippen LogP contribution in [-0.4, -0.2) is 66.0 Å². The normalized spacial score (nSPS) is 34.5. The Morgan fingerprint density at radius 1 is 1.54 bits per heavy atom. The highest BCUT2D eigenvalue weighted by molar-refractivity contribution is 6.21. The Kier molecular flexibility index (Phi) is 5.25. The second-order valence-electron chi connectivity index (χ2n) is 6.75. The number of alkyl halides is 1. The van der Waals surface area contributed by atoms with Crippen LogP contribution in [0.4, 0.5) is 5.69 Å². The van der Waals surface area contributed by atoms with Gasteiger partial charge in [-0.2, -0.15) is 0 Å². The maximum atomic E-state index is 12.9. The van der Waals surface area contributed by atoms with E-state index in [1.54, 1.807) is 18.5 Å². The van der Waals surface area contributed by atoms with Gasteiger partial charge in [-0.3, -0.25) is 15.1 Å². The van der Waals surface area contributed by atoms with Crippen LogP contribution in [0.25, 0.3) is 0 Å². The fourth-order valence-corrected chi connectivity index (χ4v) is 3.80. The molecule has 10 heteroatoms. The average Bonchev–Trinajstić information content (AvgIpc) is 3.23. The summed E-state index contributed by atoms with van der Waals surface area (Å²) in [5.74, 6) is -0.0850. The molecule has 1 aromatic rings. The van der Waals surface area contributed by atoms with E-state index in [1.165, 1.54) is 0 Å². The van der Waals surface area contributed by atoms with Crippen molar-refractivity contribution < 1.29 is 14.3 Å². The Hall–Kier alpha value is -1.49. The van der Waals surface area contributed by atoms with Gasteiger partial charge in [-0.15, -0.1) is 11.6 Å². The lowest BCUT2D eigenvalue weighted by Crippen LogP contribution is -2.58. The number of hydrogen-bond donors (Lipinski definition) is 4. The number of aromatic nitrogens is 1. The van der Waals surface area contributed by atoms with Crippen molar-refractivity contribution in [3.63, 3.8) is 0 Å². The molecule has 4 rings (SSSR count). The Morgan fingerprint density at radius 3 is 3.23 bits per heavy atom. The van der Waals surface area contributed by atoms with Gasteiger partial charge in [0.1, 0.15) is 17.5 Å². The monoisotopic (exact) mass is 382 g/mol. The van der Waals surface area contributed by atoms with Gasteiger partial charge in [0.15, 0.2) is 0 Å². The van der Waals surface area contributed by atoms with Gasteiger partial charge in [-0.1, -0.05) is 0 Å². The molecule has 0 aliphatic carbocycles. The lowest BCUT2D eigenvalue weighted by Gasteiger charge is -2.34. The van der Waals surface area contributed by atoms with Crippen molar-refractivity contribution in [1.82, 2.24) is 20.7 Å². The Labute approximate surface area is 156 Å². The molecular weight excluding hydrogens is 360 g/mol. The highest BCUT2D eigenvalue weighted by Crippen LogP contribution is 2.28. The summed E-state index contributed by atoms with van der Waals surface area (Å²) in [6, 6.07) is 1.74.